The number of hydrogen-bond donors (Lipinski definition) is 0. The maximum atomic E-state index is 13.2. The summed E-state index contributed by atoms with van der Waals surface area (Å²) in [6.45, 7) is 9.66. The van der Waals surface area contributed by atoms with Crippen LogP contribution in [0, 0.1) is 19.8 Å². The highest BCUT2D eigenvalue weighted by Crippen LogP contribution is 2.30. The SMILES string of the molecule is C/C=C(\C=C/C(C)c1cccc(C)c1C)C1CCN(S(=O)(=O)c2cccccccnc2)CC1. The molecule has 0 aliphatic carbocycles. The smallest absolute Gasteiger partial charge is 0.244 e. The number of aromatic nitrogens is 1. The molecule has 1 unspecified atom stereocenters. The fourth-order valence-electron chi connectivity index (χ4n) is 4.43. The zero-order valence-corrected chi connectivity index (χ0v) is 21.5. The molecule has 1 aromatic heterocycles. The molecule has 34 heavy (non-hydrogen) atoms. The summed E-state index contributed by atoms with van der Waals surface area (Å²) in [5.41, 5.74) is 5.30. The van der Waals surface area contributed by atoms with Crippen molar-refractivity contribution in [3.05, 3.63) is 107 Å². The molecule has 0 radical (unpaired) electrons. The Morgan fingerprint density at radius 3 is 2.47 bits per heavy atom. The minimum absolute atomic E-state index is 0.218. The minimum Gasteiger partial charge on any atom is -0.263 e. The molecule has 0 N–H and O–H groups in total. The van der Waals surface area contributed by atoms with Gasteiger partial charge in [-0.2, -0.15) is 4.31 Å². The molecule has 2 aromatic rings. The lowest BCUT2D eigenvalue weighted by atomic mass is 9.87. The molecule has 5 heteroatoms. The first-order valence-corrected chi connectivity index (χ1v) is 13.4. The van der Waals surface area contributed by atoms with Crippen LogP contribution in [0.25, 0.3) is 0 Å². The summed E-state index contributed by atoms with van der Waals surface area (Å²) < 4.78 is 28.1. The van der Waals surface area contributed by atoms with Crippen LogP contribution in [-0.2, 0) is 10.0 Å². The van der Waals surface area contributed by atoms with E-state index in [9.17, 15) is 8.42 Å². The molecule has 1 saturated heterocycles. The largest absolute Gasteiger partial charge is 0.263 e. The van der Waals surface area contributed by atoms with Gasteiger partial charge in [-0.25, -0.2) is 8.42 Å². The van der Waals surface area contributed by atoms with Gasteiger partial charge >= 0.3 is 0 Å². The van der Waals surface area contributed by atoms with Gasteiger partial charge in [-0.15, -0.1) is 0 Å². The van der Waals surface area contributed by atoms with Crippen LogP contribution in [-0.4, -0.2) is 30.8 Å². The van der Waals surface area contributed by atoms with Gasteiger partial charge in [0, 0.05) is 25.5 Å². The number of piperidine rings is 1. The Morgan fingerprint density at radius 1 is 1.03 bits per heavy atom. The summed E-state index contributed by atoms with van der Waals surface area (Å²) in [5.74, 6) is 0.684. The lowest BCUT2D eigenvalue weighted by molar-refractivity contribution is 0.300. The molecule has 0 saturated carbocycles. The summed E-state index contributed by atoms with van der Waals surface area (Å²) >= 11 is 0. The first-order valence-electron chi connectivity index (χ1n) is 12.0. The third-order valence-corrected chi connectivity index (χ3v) is 8.57. The minimum atomic E-state index is -3.58. The highest BCUT2D eigenvalue weighted by Gasteiger charge is 2.30. The molecule has 180 valence electrons. The van der Waals surface area contributed by atoms with Crippen molar-refractivity contribution in [2.45, 2.75) is 51.3 Å². The van der Waals surface area contributed by atoms with Crippen molar-refractivity contribution in [3.8, 4) is 0 Å². The van der Waals surface area contributed by atoms with E-state index in [1.165, 1.54) is 28.5 Å². The monoisotopic (exact) mass is 476 g/mol. The topological polar surface area (TPSA) is 50.3 Å². The summed E-state index contributed by atoms with van der Waals surface area (Å²) in [5, 5.41) is 0. The molecule has 0 amide bonds. The van der Waals surface area contributed by atoms with Gasteiger partial charge in [0.05, 0.1) is 0 Å². The Morgan fingerprint density at radius 2 is 1.74 bits per heavy atom. The van der Waals surface area contributed by atoms with Gasteiger partial charge in [0.15, 0.2) is 0 Å². The quantitative estimate of drug-likeness (QED) is 0.445. The second-order valence-corrected chi connectivity index (χ2v) is 10.8. The Labute approximate surface area is 205 Å². The van der Waals surface area contributed by atoms with E-state index in [0.717, 1.165) is 12.8 Å². The lowest BCUT2D eigenvalue weighted by Gasteiger charge is -2.31. The molecule has 4 nitrogen and oxygen atoms in total. The first kappa shape index (κ1) is 25.9. The van der Waals surface area contributed by atoms with Crippen molar-refractivity contribution >= 4 is 10.0 Å². The number of sulfonamides is 1. The predicted octanol–water partition coefficient (Wildman–Crippen LogP) is 6.53. The maximum absolute atomic E-state index is 13.2. The molecule has 1 atom stereocenters. The zero-order valence-electron chi connectivity index (χ0n) is 20.7. The molecule has 1 aromatic carbocycles. The van der Waals surface area contributed by atoms with Crippen LogP contribution in [0.2, 0.25) is 0 Å². The fourth-order valence-corrected chi connectivity index (χ4v) is 5.86. The van der Waals surface area contributed by atoms with Gasteiger partial charge in [-0.3, -0.25) is 4.98 Å². The molecule has 1 fully saturated rings. The van der Waals surface area contributed by atoms with E-state index in [0.29, 0.717) is 24.9 Å². The van der Waals surface area contributed by atoms with Gasteiger partial charge in [-0.1, -0.05) is 67.6 Å². The van der Waals surface area contributed by atoms with Gasteiger partial charge in [-0.05, 0) is 79.8 Å². The van der Waals surface area contributed by atoms with E-state index in [2.05, 4.69) is 69.1 Å². The number of nitrogens with zero attached hydrogens (tertiary/aromatic N) is 2. The van der Waals surface area contributed by atoms with Gasteiger partial charge in [0.25, 0.3) is 0 Å². The molecule has 0 spiro atoms. The summed E-state index contributed by atoms with van der Waals surface area (Å²) in [4.78, 5) is 4.34. The van der Waals surface area contributed by atoms with E-state index in [1.54, 1.807) is 28.7 Å². The molecular formula is C29H36N2O2S. The number of hydrogen-bond acceptors (Lipinski definition) is 3. The summed E-state index contributed by atoms with van der Waals surface area (Å²) in [6.07, 6.45) is 11.3. The molecule has 2 heterocycles. The maximum Gasteiger partial charge on any atom is 0.244 e. The number of aryl methyl sites for hydroxylation is 1. The van der Waals surface area contributed by atoms with Crippen LogP contribution in [0.5, 0.6) is 0 Å². The number of rotatable bonds is 6. The standard InChI is InChI=1S/C29H36N2O2S/c1-5-26(16-15-24(3)29-14-11-12-23(2)25(29)4)27-17-20-31(21-18-27)34(32,33)28-13-9-7-6-8-10-19-30-22-28/h5-16,19,22,24,27H,17-18,20-21H2,1-4H3/b7-6?,8-6?,9-7?,10-8?,13-9?,16-15-,19-10?,26-5+,28-13?,28-22?,30-19?,30-22?. The van der Waals surface area contributed by atoms with Crippen LogP contribution in [0.15, 0.2) is 95.7 Å². The highest BCUT2D eigenvalue weighted by atomic mass is 32.2. The van der Waals surface area contributed by atoms with Gasteiger partial charge in [0.1, 0.15) is 4.90 Å². The van der Waals surface area contributed by atoms with Crippen LogP contribution in [0.4, 0.5) is 0 Å². The Balaban J connectivity index is 1.69. The normalized spacial score (nSPS) is 16.9. The second kappa shape index (κ2) is 12.1. The van der Waals surface area contributed by atoms with Crippen LogP contribution in [0.1, 0.15) is 49.3 Å². The lowest BCUT2D eigenvalue weighted by Crippen LogP contribution is -2.38. The van der Waals surface area contributed by atoms with E-state index in [4.69, 9.17) is 0 Å². The fraction of sp³-hybridized carbons (Fsp3) is 0.345. The van der Waals surface area contributed by atoms with Crippen LogP contribution < -0.4 is 0 Å². The van der Waals surface area contributed by atoms with Crippen LogP contribution in [0.3, 0.4) is 0 Å². The van der Waals surface area contributed by atoms with Crippen LogP contribution >= 0.6 is 0 Å². The van der Waals surface area contributed by atoms with Crippen molar-refractivity contribution < 1.29 is 8.42 Å². The van der Waals surface area contributed by atoms with E-state index < -0.39 is 10.0 Å². The number of allylic oxidation sites excluding steroid dienone is 4. The molecule has 1 aliphatic heterocycles. The highest BCUT2D eigenvalue weighted by molar-refractivity contribution is 7.89. The summed E-state index contributed by atoms with van der Waals surface area (Å²) in [7, 11) is -3.58. The van der Waals surface area contributed by atoms with Crippen molar-refractivity contribution in [2.24, 2.45) is 5.92 Å². The van der Waals surface area contributed by atoms with Crippen molar-refractivity contribution in [2.75, 3.05) is 13.1 Å². The molecule has 3 rings (SSSR count). The zero-order chi connectivity index (χ0) is 24.6. The molecular weight excluding hydrogens is 440 g/mol. The average molecular weight is 477 g/mol. The van der Waals surface area contributed by atoms with Crippen molar-refractivity contribution in [1.82, 2.24) is 9.29 Å². The van der Waals surface area contributed by atoms with Crippen molar-refractivity contribution in [3.63, 3.8) is 0 Å². The van der Waals surface area contributed by atoms with E-state index >= 15 is 0 Å². The Bertz CT molecular complexity index is 1170. The summed E-state index contributed by atoms with van der Waals surface area (Å²) in [6, 6.07) is 17.1. The Kier molecular flexibility index (Phi) is 9.20. The molecule has 1 aliphatic rings. The first-order chi connectivity index (χ1) is 16.3. The number of benzene rings is 1. The van der Waals surface area contributed by atoms with Gasteiger partial charge < -0.3 is 0 Å². The van der Waals surface area contributed by atoms with E-state index in [-0.39, 0.29) is 4.90 Å². The average Bonchev–Trinajstić information content (AvgIpc) is 2.84. The van der Waals surface area contributed by atoms with E-state index in [1.807, 2.05) is 18.2 Å². The van der Waals surface area contributed by atoms with Crippen molar-refractivity contribution in [1.29, 1.82) is 0 Å². The second-order valence-electron chi connectivity index (χ2n) is 8.86. The molecule has 0 bridgehead atoms. The predicted molar refractivity (Wildman–Crippen MR) is 141 cm³/mol. The third-order valence-electron chi connectivity index (χ3n) is 6.69. The third kappa shape index (κ3) is 6.43. The van der Waals surface area contributed by atoms with Gasteiger partial charge in [0.2, 0.25) is 10.0 Å². The Hall–Kier alpha value is -2.76.